The summed E-state index contributed by atoms with van der Waals surface area (Å²) in [5, 5.41) is 10.1. The number of nitrogens with zero attached hydrogens (tertiary/aromatic N) is 1. The molecule has 16 heavy (non-hydrogen) atoms. The van der Waals surface area contributed by atoms with Crippen molar-refractivity contribution in [1.29, 1.82) is 0 Å². The highest BCUT2D eigenvalue weighted by Crippen LogP contribution is 2.30. The number of hydrogen-bond acceptors (Lipinski definition) is 3. The Morgan fingerprint density at radius 3 is 2.31 bits per heavy atom. The molecule has 0 unspecified atom stereocenters. The topological polar surface area (TPSA) is 50.2 Å². The molecule has 0 aliphatic carbocycles. The van der Waals surface area contributed by atoms with Gasteiger partial charge in [0.15, 0.2) is 0 Å². The first kappa shape index (κ1) is 13.2. The molecule has 3 nitrogen and oxygen atoms in total. The van der Waals surface area contributed by atoms with Gasteiger partial charge in [-0.2, -0.15) is 0 Å². The van der Waals surface area contributed by atoms with Crippen molar-refractivity contribution in [3.05, 3.63) is 15.6 Å². The van der Waals surface area contributed by atoms with Crippen molar-refractivity contribution in [3.8, 4) is 0 Å². The molecule has 0 atom stereocenters. The molecule has 1 heterocycles. The van der Waals surface area contributed by atoms with Gasteiger partial charge in [0.25, 0.3) is 0 Å². The van der Waals surface area contributed by atoms with E-state index in [0.29, 0.717) is 16.5 Å². The van der Waals surface area contributed by atoms with Crippen molar-refractivity contribution in [2.45, 2.75) is 46.5 Å². The predicted octanol–water partition coefficient (Wildman–Crippen LogP) is 3.34. The highest BCUT2D eigenvalue weighted by molar-refractivity contribution is 7.13. The largest absolute Gasteiger partial charge is 0.477 e. The Morgan fingerprint density at radius 1 is 1.44 bits per heavy atom. The van der Waals surface area contributed by atoms with Crippen LogP contribution in [0.15, 0.2) is 0 Å². The molecule has 0 aliphatic heterocycles. The molecule has 0 spiro atoms. The summed E-state index contributed by atoms with van der Waals surface area (Å²) in [6.45, 7) is 10.2. The Morgan fingerprint density at radius 2 is 2.00 bits per heavy atom. The lowest BCUT2D eigenvalue weighted by atomic mass is 9.91. The van der Waals surface area contributed by atoms with Gasteiger partial charge in [-0.3, -0.25) is 0 Å². The molecule has 90 valence electrons. The van der Waals surface area contributed by atoms with Gasteiger partial charge >= 0.3 is 5.97 Å². The van der Waals surface area contributed by atoms with Crippen LogP contribution in [0, 0.1) is 5.92 Å². The van der Waals surface area contributed by atoms with Gasteiger partial charge in [0.1, 0.15) is 4.88 Å². The zero-order valence-electron chi connectivity index (χ0n) is 10.5. The van der Waals surface area contributed by atoms with Gasteiger partial charge < -0.3 is 5.11 Å². The van der Waals surface area contributed by atoms with Crippen molar-refractivity contribution < 1.29 is 9.90 Å². The number of carbonyl (C=O) groups is 1. The van der Waals surface area contributed by atoms with Crippen LogP contribution in [0.5, 0.6) is 0 Å². The van der Waals surface area contributed by atoms with Gasteiger partial charge in [-0.1, -0.05) is 34.6 Å². The molecule has 0 bridgehead atoms. The van der Waals surface area contributed by atoms with Crippen LogP contribution in [-0.2, 0) is 11.8 Å². The Bertz CT molecular complexity index is 388. The first-order chi connectivity index (χ1) is 7.21. The van der Waals surface area contributed by atoms with Crippen LogP contribution >= 0.6 is 11.3 Å². The second-order valence-electron chi connectivity index (χ2n) is 5.44. The molecular formula is C12H19NO2S. The summed E-state index contributed by atoms with van der Waals surface area (Å²) < 4.78 is 0. The highest BCUT2D eigenvalue weighted by Gasteiger charge is 2.26. The lowest BCUT2D eigenvalue weighted by Gasteiger charge is -2.16. The zero-order chi connectivity index (χ0) is 12.5. The maximum Gasteiger partial charge on any atom is 0.347 e. The van der Waals surface area contributed by atoms with Crippen LogP contribution in [0.3, 0.4) is 0 Å². The summed E-state index contributed by atoms with van der Waals surface area (Å²) in [5.74, 6) is -0.363. The fourth-order valence-corrected chi connectivity index (χ4v) is 2.78. The molecule has 1 aromatic heterocycles. The monoisotopic (exact) mass is 241 g/mol. The van der Waals surface area contributed by atoms with Crippen molar-refractivity contribution in [2.24, 2.45) is 5.92 Å². The van der Waals surface area contributed by atoms with E-state index in [4.69, 9.17) is 5.11 Å². The second-order valence-corrected chi connectivity index (χ2v) is 6.52. The van der Waals surface area contributed by atoms with Crippen molar-refractivity contribution in [2.75, 3.05) is 0 Å². The first-order valence-corrected chi connectivity index (χ1v) is 6.27. The van der Waals surface area contributed by atoms with Crippen LogP contribution in [0.1, 0.15) is 55.0 Å². The Labute approximate surface area is 101 Å². The maximum absolute atomic E-state index is 11.1. The Hall–Kier alpha value is -0.900. The number of hydrogen-bond donors (Lipinski definition) is 1. The van der Waals surface area contributed by atoms with E-state index in [-0.39, 0.29) is 5.41 Å². The van der Waals surface area contributed by atoms with Gasteiger partial charge in [0.2, 0.25) is 0 Å². The minimum Gasteiger partial charge on any atom is -0.477 e. The van der Waals surface area contributed by atoms with Crippen LogP contribution in [0.2, 0.25) is 0 Å². The minimum absolute atomic E-state index is 0.209. The molecule has 0 aromatic carbocycles. The molecule has 4 heteroatoms. The van der Waals surface area contributed by atoms with Crippen molar-refractivity contribution in [3.63, 3.8) is 0 Å². The van der Waals surface area contributed by atoms with Gasteiger partial charge in [0, 0.05) is 11.8 Å². The summed E-state index contributed by atoms with van der Waals surface area (Å²) in [4.78, 5) is 16.0. The minimum atomic E-state index is -0.863. The summed E-state index contributed by atoms with van der Waals surface area (Å²) in [7, 11) is 0. The maximum atomic E-state index is 11.1. The molecule has 1 rings (SSSR count). The standard InChI is InChI=1S/C12H19NO2S/c1-7(2)6-8-13-10(12(3,4)5)9(16-8)11(14)15/h7H,6H2,1-5H3,(H,14,15). The van der Waals surface area contributed by atoms with Gasteiger partial charge in [-0.15, -0.1) is 11.3 Å². The van der Waals surface area contributed by atoms with E-state index >= 15 is 0 Å². The third kappa shape index (κ3) is 3.04. The summed E-state index contributed by atoms with van der Waals surface area (Å²) in [5.41, 5.74) is 0.500. The number of rotatable bonds is 3. The third-order valence-electron chi connectivity index (χ3n) is 2.16. The average molecular weight is 241 g/mol. The molecule has 1 N–H and O–H groups in total. The van der Waals surface area contributed by atoms with Gasteiger partial charge in [-0.25, -0.2) is 9.78 Å². The van der Waals surface area contributed by atoms with Crippen molar-refractivity contribution in [1.82, 2.24) is 4.98 Å². The molecule has 0 aliphatic rings. The predicted molar refractivity (Wildman–Crippen MR) is 66.3 cm³/mol. The highest BCUT2D eigenvalue weighted by atomic mass is 32.1. The second kappa shape index (κ2) is 4.53. The lowest BCUT2D eigenvalue weighted by molar-refractivity contribution is 0.0699. The quantitative estimate of drug-likeness (QED) is 0.883. The number of thiazole rings is 1. The molecule has 1 aromatic rings. The number of aromatic nitrogens is 1. The normalized spacial score (nSPS) is 12.1. The lowest BCUT2D eigenvalue weighted by Crippen LogP contribution is -2.16. The van der Waals surface area contributed by atoms with E-state index in [1.165, 1.54) is 11.3 Å². The first-order valence-electron chi connectivity index (χ1n) is 5.45. The number of carboxylic acid groups (broad SMARTS) is 1. The Kier molecular flexibility index (Phi) is 3.73. The molecule has 0 radical (unpaired) electrons. The molecular weight excluding hydrogens is 222 g/mol. The summed E-state index contributed by atoms with van der Waals surface area (Å²) >= 11 is 1.31. The SMILES string of the molecule is CC(C)Cc1nc(C(C)(C)C)c(C(=O)O)s1. The van der Waals surface area contributed by atoms with Crippen molar-refractivity contribution >= 4 is 17.3 Å². The van der Waals surface area contributed by atoms with Crippen LogP contribution in [0.25, 0.3) is 0 Å². The number of carboxylic acids is 1. The molecule has 0 saturated carbocycles. The van der Waals surface area contributed by atoms with Crippen LogP contribution < -0.4 is 0 Å². The fourth-order valence-electron chi connectivity index (χ4n) is 1.45. The van der Waals surface area contributed by atoms with E-state index in [1.807, 2.05) is 20.8 Å². The smallest absolute Gasteiger partial charge is 0.347 e. The van der Waals surface area contributed by atoms with Gasteiger partial charge in [0.05, 0.1) is 10.7 Å². The van der Waals surface area contributed by atoms with E-state index in [2.05, 4.69) is 18.8 Å². The van der Waals surface area contributed by atoms with Crippen LogP contribution in [-0.4, -0.2) is 16.1 Å². The van der Waals surface area contributed by atoms with Gasteiger partial charge in [-0.05, 0) is 5.92 Å². The molecule has 0 amide bonds. The fraction of sp³-hybridized carbons (Fsp3) is 0.667. The zero-order valence-corrected chi connectivity index (χ0v) is 11.3. The summed E-state index contributed by atoms with van der Waals surface area (Å²) in [6, 6.07) is 0. The summed E-state index contributed by atoms with van der Waals surface area (Å²) in [6.07, 6.45) is 0.848. The van der Waals surface area contributed by atoms with E-state index < -0.39 is 5.97 Å². The van der Waals surface area contributed by atoms with E-state index in [0.717, 1.165) is 11.4 Å². The Balaban J connectivity index is 3.16. The molecule has 0 fully saturated rings. The van der Waals surface area contributed by atoms with E-state index in [9.17, 15) is 4.79 Å². The molecule has 0 saturated heterocycles. The van der Waals surface area contributed by atoms with Crippen LogP contribution in [0.4, 0.5) is 0 Å². The van der Waals surface area contributed by atoms with E-state index in [1.54, 1.807) is 0 Å². The third-order valence-corrected chi connectivity index (χ3v) is 3.22. The number of aromatic carboxylic acids is 1. The average Bonchev–Trinajstić information content (AvgIpc) is 2.45.